The van der Waals surface area contributed by atoms with E-state index < -0.39 is 0 Å². The molecule has 1 fully saturated rings. The summed E-state index contributed by atoms with van der Waals surface area (Å²) in [6.07, 6.45) is 0.963. The maximum Gasteiger partial charge on any atom is 0.227 e. The van der Waals surface area contributed by atoms with Crippen LogP contribution in [0.4, 0.5) is 0 Å². The first-order valence-corrected chi connectivity index (χ1v) is 4.56. The van der Waals surface area contributed by atoms with Crippen LogP contribution < -0.4 is 10.6 Å². The van der Waals surface area contributed by atoms with Gasteiger partial charge in [-0.2, -0.15) is 0 Å². The van der Waals surface area contributed by atoms with Gasteiger partial charge in [0.2, 0.25) is 5.91 Å². The number of nitrogens with one attached hydrogen (secondary N) is 2. The van der Waals surface area contributed by atoms with E-state index in [9.17, 15) is 4.79 Å². The molecule has 0 aromatic heterocycles. The molecule has 1 aliphatic rings. The Hall–Kier alpha value is -0.570. The number of carbonyl (C=O) groups is 1. The number of amides is 1. The van der Waals surface area contributed by atoms with Crippen molar-refractivity contribution in [2.24, 2.45) is 11.3 Å². The van der Waals surface area contributed by atoms with Gasteiger partial charge < -0.3 is 10.6 Å². The third-order valence-electron chi connectivity index (χ3n) is 2.97. The van der Waals surface area contributed by atoms with Gasteiger partial charge >= 0.3 is 0 Å². The minimum absolute atomic E-state index is 0.158. The monoisotopic (exact) mass is 170 g/mol. The molecule has 1 rings (SSSR count). The summed E-state index contributed by atoms with van der Waals surface area (Å²) in [5.41, 5.74) is -0.158. The summed E-state index contributed by atoms with van der Waals surface area (Å²) in [6, 6.07) is 0. The molecule has 0 spiro atoms. The summed E-state index contributed by atoms with van der Waals surface area (Å²) >= 11 is 0. The number of rotatable bonds is 2. The van der Waals surface area contributed by atoms with Gasteiger partial charge in [-0.15, -0.1) is 0 Å². The van der Waals surface area contributed by atoms with Crippen molar-refractivity contribution in [1.82, 2.24) is 10.6 Å². The van der Waals surface area contributed by atoms with Gasteiger partial charge in [-0.05, 0) is 18.9 Å². The first-order chi connectivity index (χ1) is 5.63. The standard InChI is InChI=1S/C9H18N2O/c1-7(2)9(8(12)10-3)4-5-11-6-9/h7,11H,4-6H2,1-3H3,(H,10,12). The van der Waals surface area contributed by atoms with Crippen LogP contribution in [0.5, 0.6) is 0 Å². The Balaban J connectivity index is 2.78. The number of hydrogen-bond acceptors (Lipinski definition) is 2. The van der Waals surface area contributed by atoms with Gasteiger partial charge in [-0.1, -0.05) is 13.8 Å². The van der Waals surface area contributed by atoms with Crippen molar-refractivity contribution in [3.8, 4) is 0 Å². The molecule has 1 unspecified atom stereocenters. The predicted octanol–water partition coefficient (Wildman–Crippen LogP) is 0.368. The van der Waals surface area contributed by atoms with Crippen molar-refractivity contribution >= 4 is 5.91 Å². The van der Waals surface area contributed by atoms with E-state index in [-0.39, 0.29) is 11.3 Å². The lowest BCUT2D eigenvalue weighted by atomic mass is 9.75. The normalized spacial score (nSPS) is 29.3. The summed E-state index contributed by atoms with van der Waals surface area (Å²) in [5.74, 6) is 0.593. The van der Waals surface area contributed by atoms with Crippen LogP contribution in [0.3, 0.4) is 0 Å². The molecule has 70 valence electrons. The van der Waals surface area contributed by atoms with Crippen LogP contribution in [0.15, 0.2) is 0 Å². The van der Waals surface area contributed by atoms with Crippen LogP contribution in [0.25, 0.3) is 0 Å². The van der Waals surface area contributed by atoms with E-state index in [1.54, 1.807) is 7.05 Å². The zero-order valence-electron chi connectivity index (χ0n) is 8.11. The van der Waals surface area contributed by atoms with Crippen molar-refractivity contribution < 1.29 is 4.79 Å². The molecule has 1 heterocycles. The average molecular weight is 170 g/mol. The Morgan fingerprint density at radius 1 is 1.58 bits per heavy atom. The second kappa shape index (κ2) is 3.44. The fraction of sp³-hybridized carbons (Fsp3) is 0.889. The molecular weight excluding hydrogens is 152 g/mol. The number of hydrogen-bond donors (Lipinski definition) is 2. The van der Waals surface area contributed by atoms with E-state index in [4.69, 9.17) is 0 Å². The van der Waals surface area contributed by atoms with Crippen molar-refractivity contribution in [3.05, 3.63) is 0 Å². The second-order valence-electron chi connectivity index (χ2n) is 3.82. The van der Waals surface area contributed by atoms with Gasteiger partial charge in [0.25, 0.3) is 0 Å². The summed E-state index contributed by atoms with van der Waals surface area (Å²) < 4.78 is 0. The van der Waals surface area contributed by atoms with E-state index in [1.807, 2.05) is 0 Å². The van der Waals surface area contributed by atoms with E-state index in [0.29, 0.717) is 5.92 Å². The van der Waals surface area contributed by atoms with E-state index >= 15 is 0 Å². The minimum atomic E-state index is -0.158. The highest BCUT2D eigenvalue weighted by molar-refractivity contribution is 5.83. The third kappa shape index (κ3) is 1.33. The molecule has 1 saturated heterocycles. The molecule has 3 heteroatoms. The highest BCUT2D eigenvalue weighted by Gasteiger charge is 2.43. The van der Waals surface area contributed by atoms with E-state index in [0.717, 1.165) is 19.5 Å². The average Bonchev–Trinajstić information content (AvgIpc) is 2.52. The summed E-state index contributed by atoms with van der Waals surface area (Å²) in [4.78, 5) is 11.6. The molecule has 0 radical (unpaired) electrons. The Labute approximate surface area is 73.9 Å². The van der Waals surface area contributed by atoms with Crippen molar-refractivity contribution in [3.63, 3.8) is 0 Å². The van der Waals surface area contributed by atoms with Crippen LogP contribution in [0.2, 0.25) is 0 Å². The molecule has 0 aromatic rings. The van der Waals surface area contributed by atoms with Gasteiger partial charge in [0.1, 0.15) is 0 Å². The highest BCUT2D eigenvalue weighted by atomic mass is 16.2. The van der Waals surface area contributed by atoms with Gasteiger partial charge in [-0.25, -0.2) is 0 Å². The van der Waals surface area contributed by atoms with Crippen LogP contribution in [0, 0.1) is 11.3 Å². The lowest BCUT2D eigenvalue weighted by Gasteiger charge is -2.30. The topological polar surface area (TPSA) is 41.1 Å². The Morgan fingerprint density at radius 3 is 2.58 bits per heavy atom. The van der Waals surface area contributed by atoms with Gasteiger partial charge in [-0.3, -0.25) is 4.79 Å². The third-order valence-corrected chi connectivity index (χ3v) is 2.97. The fourth-order valence-corrected chi connectivity index (χ4v) is 1.91. The number of carbonyl (C=O) groups excluding carboxylic acids is 1. The zero-order chi connectivity index (χ0) is 9.19. The predicted molar refractivity (Wildman–Crippen MR) is 48.8 cm³/mol. The molecule has 1 atom stereocenters. The quantitative estimate of drug-likeness (QED) is 0.628. The van der Waals surface area contributed by atoms with Crippen LogP contribution in [-0.2, 0) is 4.79 Å². The smallest absolute Gasteiger partial charge is 0.227 e. The van der Waals surface area contributed by atoms with Gasteiger partial charge in [0.15, 0.2) is 0 Å². The molecule has 1 aliphatic heterocycles. The van der Waals surface area contributed by atoms with Crippen molar-refractivity contribution in [2.75, 3.05) is 20.1 Å². The Morgan fingerprint density at radius 2 is 2.25 bits per heavy atom. The zero-order valence-corrected chi connectivity index (χ0v) is 8.11. The molecule has 2 N–H and O–H groups in total. The van der Waals surface area contributed by atoms with Crippen molar-refractivity contribution in [2.45, 2.75) is 20.3 Å². The van der Waals surface area contributed by atoms with Gasteiger partial charge in [0, 0.05) is 13.6 Å². The lowest BCUT2D eigenvalue weighted by molar-refractivity contribution is -0.131. The van der Waals surface area contributed by atoms with E-state index in [2.05, 4.69) is 24.5 Å². The summed E-state index contributed by atoms with van der Waals surface area (Å²) in [7, 11) is 1.71. The van der Waals surface area contributed by atoms with Crippen molar-refractivity contribution in [1.29, 1.82) is 0 Å². The highest BCUT2D eigenvalue weighted by Crippen LogP contribution is 2.33. The molecule has 0 bridgehead atoms. The second-order valence-corrected chi connectivity index (χ2v) is 3.82. The molecule has 0 saturated carbocycles. The molecular formula is C9H18N2O. The minimum Gasteiger partial charge on any atom is -0.359 e. The largest absolute Gasteiger partial charge is 0.359 e. The Kier molecular flexibility index (Phi) is 2.73. The SMILES string of the molecule is CNC(=O)C1(C(C)C)CCNC1. The van der Waals surface area contributed by atoms with Crippen LogP contribution in [-0.4, -0.2) is 26.0 Å². The molecule has 12 heavy (non-hydrogen) atoms. The summed E-state index contributed by atoms with van der Waals surface area (Å²) in [5, 5.41) is 6.00. The molecule has 0 aliphatic carbocycles. The van der Waals surface area contributed by atoms with Gasteiger partial charge in [0.05, 0.1) is 5.41 Å². The first kappa shape index (κ1) is 9.52. The maximum absolute atomic E-state index is 11.6. The Bertz CT molecular complexity index is 171. The molecule has 3 nitrogen and oxygen atoms in total. The van der Waals surface area contributed by atoms with Crippen LogP contribution >= 0.6 is 0 Å². The maximum atomic E-state index is 11.6. The molecule has 0 aromatic carbocycles. The molecule has 1 amide bonds. The fourth-order valence-electron chi connectivity index (χ4n) is 1.91. The lowest BCUT2D eigenvalue weighted by Crippen LogP contribution is -2.44. The van der Waals surface area contributed by atoms with E-state index in [1.165, 1.54) is 0 Å². The van der Waals surface area contributed by atoms with Crippen LogP contribution in [0.1, 0.15) is 20.3 Å². The first-order valence-electron chi connectivity index (χ1n) is 4.56. The summed E-state index contributed by atoms with van der Waals surface area (Å²) in [6.45, 7) is 6.01.